The van der Waals surface area contributed by atoms with Gasteiger partial charge in [0.15, 0.2) is 0 Å². The second-order valence-electron chi connectivity index (χ2n) is 5.49. The fourth-order valence-corrected chi connectivity index (χ4v) is 3.00. The molecule has 0 radical (unpaired) electrons. The van der Waals surface area contributed by atoms with E-state index in [4.69, 9.17) is 0 Å². The van der Waals surface area contributed by atoms with E-state index in [9.17, 15) is 15.4 Å². The lowest BCUT2D eigenvalue weighted by Gasteiger charge is -2.30. The maximum absolute atomic E-state index is 11.6. The molecule has 0 aromatic heterocycles. The second-order valence-corrected chi connectivity index (χ2v) is 5.49. The van der Waals surface area contributed by atoms with Gasteiger partial charge in [0.05, 0.1) is 17.2 Å². The van der Waals surface area contributed by atoms with Crippen LogP contribution in [0.15, 0.2) is 65.9 Å². The molecule has 118 valence electrons. The molecule has 0 saturated carbocycles. The van der Waals surface area contributed by atoms with Crippen LogP contribution in [-0.2, 0) is 0 Å². The van der Waals surface area contributed by atoms with E-state index in [1.165, 1.54) is 6.07 Å². The molecule has 6 nitrogen and oxygen atoms in total. The average Bonchev–Trinajstić information content (AvgIpc) is 3.00. The van der Waals surface area contributed by atoms with Crippen molar-refractivity contribution in [3.05, 3.63) is 76.6 Å². The minimum atomic E-state index is -0.402. The normalized spacial score (nSPS) is 18.9. The highest BCUT2D eigenvalue weighted by Crippen LogP contribution is 2.44. The van der Waals surface area contributed by atoms with Crippen LogP contribution in [0, 0.1) is 28.4 Å². The van der Waals surface area contributed by atoms with Gasteiger partial charge in [-0.15, -0.1) is 0 Å². The molecule has 0 saturated heterocycles. The highest BCUT2D eigenvalue weighted by molar-refractivity contribution is 6.04. The predicted molar refractivity (Wildman–Crippen MR) is 92.5 cm³/mol. The van der Waals surface area contributed by atoms with Crippen LogP contribution in [0.4, 0.5) is 17.1 Å². The molecule has 0 N–H and O–H groups in total. The van der Waals surface area contributed by atoms with Gasteiger partial charge in [-0.2, -0.15) is 9.74 Å². The Morgan fingerprint density at radius 3 is 2.75 bits per heavy atom. The SMILES string of the molecule is Cc1cccc([N+]2(c3ccccc3[N+](=O)[O-])C=CN=C2CC#N)c1. The van der Waals surface area contributed by atoms with Crippen LogP contribution in [0.5, 0.6) is 0 Å². The summed E-state index contributed by atoms with van der Waals surface area (Å²) in [4.78, 5) is 15.5. The number of aliphatic imine (C=N–C) groups is 1. The topological polar surface area (TPSA) is 79.3 Å². The minimum Gasteiger partial charge on any atom is -0.258 e. The Balaban J connectivity index is 2.34. The van der Waals surface area contributed by atoms with Crippen LogP contribution >= 0.6 is 0 Å². The van der Waals surface area contributed by atoms with E-state index in [1.54, 1.807) is 30.6 Å². The number of rotatable bonds is 4. The summed E-state index contributed by atoms with van der Waals surface area (Å²) in [5.41, 5.74) is 2.30. The number of nitrogens with zero attached hydrogens (tertiary/aromatic N) is 4. The number of para-hydroxylation sites is 2. The van der Waals surface area contributed by atoms with Crippen molar-refractivity contribution in [2.24, 2.45) is 4.99 Å². The maximum Gasteiger partial charge on any atom is 0.330 e. The van der Waals surface area contributed by atoms with Crippen molar-refractivity contribution in [2.45, 2.75) is 13.3 Å². The average molecular weight is 319 g/mol. The van der Waals surface area contributed by atoms with Gasteiger partial charge in [-0.05, 0) is 12.5 Å². The van der Waals surface area contributed by atoms with Crippen LogP contribution in [0.2, 0.25) is 0 Å². The third-order valence-corrected chi connectivity index (χ3v) is 4.03. The molecule has 24 heavy (non-hydrogen) atoms. The molecule has 1 aliphatic rings. The lowest BCUT2D eigenvalue weighted by atomic mass is 10.1. The van der Waals surface area contributed by atoms with Crippen LogP contribution < -0.4 is 4.48 Å². The van der Waals surface area contributed by atoms with Crippen LogP contribution in [0.3, 0.4) is 0 Å². The number of quaternary nitrogens is 1. The van der Waals surface area contributed by atoms with E-state index < -0.39 is 4.92 Å². The zero-order chi connectivity index (χ0) is 17.2. The molecule has 1 unspecified atom stereocenters. The number of aryl methyl sites for hydroxylation is 1. The van der Waals surface area contributed by atoms with Crippen molar-refractivity contribution in [3.63, 3.8) is 0 Å². The summed E-state index contributed by atoms with van der Waals surface area (Å²) in [5.74, 6) is 0.539. The van der Waals surface area contributed by atoms with Gasteiger partial charge < -0.3 is 0 Å². The number of nitro benzene ring substituents is 1. The first-order valence-electron chi connectivity index (χ1n) is 7.41. The summed E-state index contributed by atoms with van der Waals surface area (Å²) in [6.07, 6.45) is 3.46. The van der Waals surface area contributed by atoms with Gasteiger partial charge in [-0.1, -0.05) is 24.3 Å². The van der Waals surface area contributed by atoms with Crippen molar-refractivity contribution in [1.29, 1.82) is 5.26 Å². The fourth-order valence-electron chi connectivity index (χ4n) is 3.00. The molecule has 0 aliphatic carbocycles. The molecule has 0 spiro atoms. The molecule has 3 rings (SSSR count). The Morgan fingerprint density at radius 1 is 1.25 bits per heavy atom. The molecule has 0 fully saturated rings. The lowest BCUT2D eigenvalue weighted by molar-refractivity contribution is -0.384. The first-order valence-corrected chi connectivity index (χ1v) is 7.41. The third kappa shape index (κ3) is 2.37. The summed E-state index contributed by atoms with van der Waals surface area (Å²) in [6.45, 7) is 1.96. The van der Waals surface area contributed by atoms with E-state index in [2.05, 4.69) is 11.1 Å². The second kappa shape index (κ2) is 6.07. The maximum atomic E-state index is 11.6. The van der Waals surface area contributed by atoms with Crippen molar-refractivity contribution in [1.82, 2.24) is 4.48 Å². The van der Waals surface area contributed by atoms with E-state index in [0.29, 0.717) is 11.5 Å². The fraction of sp³-hybridized carbons (Fsp3) is 0.111. The Morgan fingerprint density at radius 2 is 2.04 bits per heavy atom. The Bertz CT molecular complexity index is 911. The van der Waals surface area contributed by atoms with Crippen LogP contribution in [-0.4, -0.2) is 10.8 Å². The summed E-state index contributed by atoms with van der Waals surface area (Å²) in [6, 6.07) is 16.4. The molecule has 6 heteroatoms. The first kappa shape index (κ1) is 15.6. The van der Waals surface area contributed by atoms with E-state index in [0.717, 1.165) is 11.3 Å². The standard InChI is InChI=1S/C18H15N4O2/c1-14-5-4-6-15(13-14)22(12-11-20-18(22)9-10-19)17-8-3-2-7-16(17)21(23)24/h2-8,11-13H,9H2,1H3/q+1. The number of hydrogen-bond acceptors (Lipinski definition) is 4. The smallest absolute Gasteiger partial charge is 0.258 e. The molecule has 0 amide bonds. The molecule has 1 atom stereocenters. The molecular weight excluding hydrogens is 304 g/mol. The molecule has 1 aliphatic heterocycles. The molecule has 2 aromatic rings. The van der Waals surface area contributed by atoms with Gasteiger partial charge in [0.25, 0.3) is 0 Å². The molecule has 1 heterocycles. The summed E-state index contributed by atoms with van der Waals surface area (Å²) in [5, 5.41) is 20.7. The van der Waals surface area contributed by atoms with Gasteiger partial charge in [-0.3, -0.25) is 10.1 Å². The van der Waals surface area contributed by atoms with Gasteiger partial charge >= 0.3 is 5.69 Å². The van der Waals surface area contributed by atoms with Gasteiger partial charge in [-0.25, -0.2) is 4.99 Å². The summed E-state index contributed by atoms with van der Waals surface area (Å²) >= 11 is 0. The zero-order valence-corrected chi connectivity index (χ0v) is 13.1. The zero-order valence-electron chi connectivity index (χ0n) is 13.1. The van der Waals surface area contributed by atoms with Gasteiger partial charge in [0.2, 0.25) is 11.5 Å². The van der Waals surface area contributed by atoms with Gasteiger partial charge in [0.1, 0.15) is 18.3 Å². The molecule has 0 bridgehead atoms. The summed E-state index contributed by atoms with van der Waals surface area (Å²) < 4.78 is -0.0353. The van der Waals surface area contributed by atoms with Crippen molar-refractivity contribution >= 4 is 22.9 Å². The number of nitriles is 1. The van der Waals surface area contributed by atoms with E-state index >= 15 is 0 Å². The number of benzene rings is 2. The number of hydrogen-bond donors (Lipinski definition) is 0. The minimum absolute atomic E-state index is 0.00352. The Labute approximate surface area is 139 Å². The predicted octanol–water partition coefficient (Wildman–Crippen LogP) is 4.34. The highest BCUT2D eigenvalue weighted by Gasteiger charge is 2.45. The van der Waals surface area contributed by atoms with Crippen molar-refractivity contribution in [3.8, 4) is 6.07 Å². The monoisotopic (exact) mass is 319 g/mol. The summed E-state index contributed by atoms with van der Waals surface area (Å²) in [7, 11) is 0. The van der Waals surface area contributed by atoms with Crippen LogP contribution in [0.25, 0.3) is 0 Å². The quantitative estimate of drug-likeness (QED) is 0.477. The van der Waals surface area contributed by atoms with E-state index in [-0.39, 0.29) is 16.6 Å². The van der Waals surface area contributed by atoms with Gasteiger partial charge in [0, 0.05) is 24.3 Å². The number of amidine groups is 1. The van der Waals surface area contributed by atoms with Crippen LogP contribution in [0.1, 0.15) is 12.0 Å². The first-order chi connectivity index (χ1) is 11.6. The van der Waals surface area contributed by atoms with Crippen molar-refractivity contribution in [2.75, 3.05) is 0 Å². The lowest BCUT2D eigenvalue weighted by Crippen LogP contribution is -2.43. The molecule has 2 aromatic carbocycles. The third-order valence-electron chi connectivity index (χ3n) is 4.03. The Hall–Kier alpha value is -3.30. The highest BCUT2D eigenvalue weighted by atomic mass is 16.6. The largest absolute Gasteiger partial charge is 0.330 e. The van der Waals surface area contributed by atoms with Crippen molar-refractivity contribution < 1.29 is 4.92 Å². The Kier molecular flexibility index (Phi) is 3.94. The molecular formula is C18H15N4O2+. The number of nitro groups is 1. The van der Waals surface area contributed by atoms with E-state index in [1.807, 2.05) is 31.2 Å².